The number of carbonyl (C=O) groups is 2. The van der Waals surface area contributed by atoms with Gasteiger partial charge in [0, 0.05) is 47.7 Å². The fraction of sp³-hybridized carbons (Fsp3) is 0.175. The number of benzene rings is 4. The number of aromatic amines is 1. The minimum atomic E-state index is -0.504. The molecule has 0 aliphatic rings. The first-order valence-electron chi connectivity index (χ1n) is 15.6. The van der Waals surface area contributed by atoms with Crippen LogP contribution in [0.4, 0.5) is 11.5 Å². The molecule has 0 saturated heterocycles. The van der Waals surface area contributed by atoms with Gasteiger partial charge in [-0.15, -0.1) is 0 Å². The number of nitrogen functional groups attached to an aromatic ring is 1. The van der Waals surface area contributed by atoms with E-state index >= 15 is 0 Å². The molecule has 244 valence electrons. The smallest absolute Gasteiger partial charge is 0.340 e. The fourth-order valence-corrected chi connectivity index (χ4v) is 5.74. The molecule has 6 rings (SSSR count). The average Bonchev–Trinajstić information content (AvgIpc) is 3.41. The molecular weight excluding hydrogens is 600 g/mol. The lowest BCUT2D eigenvalue weighted by Gasteiger charge is -2.14. The molecule has 0 unspecified atom stereocenters. The number of ketones is 1. The number of fused-ring (bicyclic) bond motifs is 1. The number of hydrogen-bond donors (Lipinski definition) is 2. The van der Waals surface area contributed by atoms with Gasteiger partial charge >= 0.3 is 5.97 Å². The molecule has 0 atom stereocenters. The van der Waals surface area contributed by atoms with Crippen LogP contribution in [0.3, 0.4) is 0 Å². The van der Waals surface area contributed by atoms with Gasteiger partial charge in [0.05, 0.1) is 31.0 Å². The molecule has 2 aromatic heterocycles. The van der Waals surface area contributed by atoms with Crippen molar-refractivity contribution in [1.29, 1.82) is 0 Å². The number of aryl methyl sites for hydroxylation is 2. The first-order chi connectivity index (χ1) is 23.1. The second-order valence-corrected chi connectivity index (χ2v) is 11.7. The molecule has 48 heavy (non-hydrogen) atoms. The number of nitrogens with zero attached hydrogens (tertiary/aromatic N) is 2. The van der Waals surface area contributed by atoms with Crippen molar-refractivity contribution in [3.8, 4) is 17.0 Å². The predicted octanol–water partition coefficient (Wildman–Crippen LogP) is 7.80. The number of aromatic nitrogens is 2. The lowest BCUT2D eigenvalue weighted by Crippen LogP contribution is -2.13. The van der Waals surface area contributed by atoms with Crippen molar-refractivity contribution < 1.29 is 19.1 Å². The van der Waals surface area contributed by atoms with Crippen LogP contribution in [0.15, 0.2) is 103 Å². The van der Waals surface area contributed by atoms with Gasteiger partial charge in [-0.2, -0.15) is 0 Å². The van der Waals surface area contributed by atoms with Gasteiger partial charge in [-0.25, -0.2) is 9.78 Å². The Morgan fingerprint density at radius 3 is 2.23 bits per heavy atom. The predicted molar refractivity (Wildman–Crippen MR) is 193 cm³/mol. The van der Waals surface area contributed by atoms with Crippen molar-refractivity contribution in [2.45, 2.75) is 20.3 Å². The molecule has 4 aromatic carbocycles. The lowest BCUT2D eigenvalue weighted by molar-refractivity contribution is 0.0597. The highest BCUT2D eigenvalue weighted by Crippen LogP contribution is 2.30. The lowest BCUT2D eigenvalue weighted by atomic mass is 9.92. The number of anilines is 2. The van der Waals surface area contributed by atoms with E-state index < -0.39 is 5.97 Å². The number of H-pyrrole nitrogens is 1. The Morgan fingerprint density at radius 2 is 1.52 bits per heavy atom. The van der Waals surface area contributed by atoms with Gasteiger partial charge in [0.15, 0.2) is 5.78 Å². The Kier molecular flexibility index (Phi) is 10.2. The van der Waals surface area contributed by atoms with Crippen molar-refractivity contribution in [3.05, 3.63) is 142 Å². The molecular formula is C40H40N4O4. The van der Waals surface area contributed by atoms with Gasteiger partial charge < -0.3 is 25.1 Å². The number of pyridine rings is 1. The van der Waals surface area contributed by atoms with Crippen LogP contribution in [0.1, 0.15) is 48.8 Å². The summed E-state index contributed by atoms with van der Waals surface area (Å²) in [6.45, 7) is 3.57. The van der Waals surface area contributed by atoms with E-state index in [9.17, 15) is 9.59 Å². The number of nitrogens with one attached hydrogen (secondary N) is 1. The van der Waals surface area contributed by atoms with E-state index in [0.717, 1.165) is 44.6 Å². The highest BCUT2D eigenvalue weighted by atomic mass is 16.5. The molecule has 0 aliphatic carbocycles. The Hall–Kier alpha value is -5.89. The first kappa shape index (κ1) is 33.5. The Bertz CT molecular complexity index is 2080. The van der Waals surface area contributed by atoms with Gasteiger partial charge in [0.2, 0.25) is 0 Å². The summed E-state index contributed by atoms with van der Waals surface area (Å²) in [6, 6.07) is 33.6. The van der Waals surface area contributed by atoms with Crippen LogP contribution in [-0.2, 0) is 11.2 Å². The number of nitrogens with two attached hydrogens (primary N) is 1. The SMILES string of the molecule is COC(=O)c1c(C)[nH]c(C)c1C(=O)c1ccccc1Cc1ccccc1.COc1cccc(-c2cc3ccc(N(C)C)cc3c(N)n2)c1. The van der Waals surface area contributed by atoms with Crippen LogP contribution < -0.4 is 15.4 Å². The van der Waals surface area contributed by atoms with E-state index in [-0.39, 0.29) is 5.78 Å². The third-order valence-electron chi connectivity index (χ3n) is 8.22. The molecule has 0 saturated carbocycles. The molecule has 0 fully saturated rings. The van der Waals surface area contributed by atoms with Crippen LogP contribution in [0.2, 0.25) is 0 Å². The van der Waals surface area contributed by atoms with E-state index in [1.165, 1.54) is 7.11 Å². The van der Waals surface area contributed by atoms with Gasteiger partial charge in [0.25, 0.3) is 0 Å². The summed E-state index contributed by atoms with van der Waals surface area (Å²) < 4.78 is 10.1. The van der Waals surface area contributed by atoms with Crippen LogP contribution in [0.5, 0.6) is 5.75 Å². The number of carbonyl (C=O) groups excluding carboxylic acids is 2. The average molecular weight is 641 g/mol. The Morgan fingerprint density at radius 1 is 0.812 bits per heavy atom. The third kappa shape index (κ3) is 7.23. The number of hydrogen-bond acceptors (Lipinski definition) is 7. The first-order valence-corrected chi connectivity index (χ1v) is 15.6. The van der Waals surface area contributed by atoms with Crippen molar-refractivity contribution in [1.82, 2.24) is 9.97 Å². The maximum Gasteiger partial charge on any atom is 0.340 e. The molecule has 6 aromatic rings. The van der Waals surface area contributed by atoms with Crippen molar-refractivity contribution in [3.63, 3.8) is 0 Å². The molecule has 8 nitrogen and oxygen atoms in total. The summed E-state index contributed by atoms with van der Waals surface area (Å²) in [4.78, 5) is 35.2. The minimum absolute atomic E-state index is 0.168. The molecule has 0 aliphatic heterocycles. The summed E-state index contributed by atoms with van der Waals surface area (Å²) >= 11 is 0. The number of ether oxygens (including phenoxy) is 2. The standard InChI is InChI=1S/C22H21NO3.C18H19N3O/c1-14-19(20(15(2)23-14)22(25)26-3)21(24)18-12-8-7-11-17(18)13-16-9-5-4-6-10-16;1-21(2)14-8-7-12-10-17(20-18(19)16(12)11-14)13-5-4-6-15(9-13)22-3/h4-12,23H,13H2,1-3H3;4-11H,1-3H3,(H2,19,20). The fourth-order valence-electron chi connectivity index (χ4n) is 5.74. The van der Waals surface area contributed by atoms with Crippen molar-refractivity contribution in [2.75, 3.05) is 38.9 Å². The van der Waals surface area contributed by atoms with E-state index in [1.807, 2.05) is 93.0 Å². The van der Waals surface area contributed by atoms with Crippen molar-refractivity contribution in [2.24, 2.45) is 0 Å². The monoisotopic (exact) mass is 640 g/mol. The second-order valence-electron chi connectivity index (χ2n) is 11.7. The molecule has 0 radical (unpaired) electrons. The maximum absolute atomic E-state index is 13.3. The zero-order valence-corrected chi connectivity index (χ0v) is 28.1. The third-order valence-corrected chi connectivity index (χ3v) is 8.22. The van der Waals surface area contributed by atoms with E-state index in [4.69, 9.17) is 15.2 Å². The quantitative estimate of drug-likeness (QED) is 0.129. The minimum Gasteiger partial charge on any atom is -0.497 e. The van der Waals surface area contributed by atoms with Crippen LogP contribution in [0, 0.1) is 13.8 Å². The number of esters is 1. The van der Waals surface area contributed by atoms with Gasteiger partial charge in [0.1, 0.15) is 11.6 Å². The highest BCUT2D eigenvalue weighted by Gasteiger charge is 2.27. The zero-order valence-electron chi connectivity index (χ0n) is 28.1. The van der Waals surface area contributed by atoms with Crippen LogP contribution >= 0.6 is 0 Å². The number of methoxy groups -OCH3 is 2. The van der Waals surface area contributed by atoms with Crippen LogP contribution in [-0.4, -0.2) is 50.0 Å². The van der Waals surface area contributed by atoms with Crippen LogP contribution in [0.25, 0.3) is 22.0 Å². The van der Waals surface area contributed by atoms with Gasteiger partial charge in [-0.3, -0.25) is 4.79 Å². The van der Waals surface area contributed by atoms with E-state index in [1.54, 1.807) is 21.0 Å². The maximum atomic E-state index is 13.3. The largest absolute Gasteiger partial charge is 0.497 e. The highest BCUT2D eigenvalue weighted by molar-refractivity contribution is 6.16. The second kappa shape index (κ2) is 14.7. The molecule has 0 amide bonds. The zero-order chi connectivity index (χ0) is 34.4. The van der Waals surface area contributed by atoms with Crippen molar-refractivity contribution >= 4 is 34.0 Å². The molecule has 0 spiro atoms. The van der Waals surface area contributed by atoms with E-state index in [2.05, 4.69) is 39.1 Å². The normalized spacial score (nSPS) is 10.6. The summed E-state index contributed by atoms with van der Waals surface area (Å²) in [5.74, 6) is 0.675. The molecule has 8 heteroatoms. The Labute approximate surface area is 281 Å². The molecule has 2 heterocycles. The summed E-state index contributed by atoms with van der Waals surface area (Å²) in [5.41, 5.74) is 13.8. The molecule has 0 bridgehead atoms. The summed E-state index contributed by atoms with van der Waals surface area (Å²) in [7, 11) is 7.00. The number of rotatable bonds is 8. The topological polar surface area (TPSA) is 111 Å². The van der Waals surface area contributed by atoms with Gasteiger partial charge in [-0.05, 0) is 67.1 Å². The van der Waals surface area contributed by atoms with Gasteiger partial charge in [-0.1, -0.05) is 72.8 Å². The van der Waals surface area contributed by atoms with E-state index in [0.29, 0.717) is 40.3 Å². The summed E-state index contributed by atoms with van der Waals surface area (Å²) in [6.07, 6.45) is 0.652. The molecule has 3 N–H and O–H groups in total. The summed E-state index contributed by atoms with van der Waals surface area (Å²) in [5, 5.41) is 2.05. The Balaban J connectivity index is 0.000000190.